The molecule has 3 aromatic rings. The van der Waals surface area contributed by atoms with Gasteiger partial charge in [-0.15, -0.1) is 10.2 Å². The van der Waals surface area contributed by atoms with E-state index in [0.717, 1.165) is 22.6 Å². The molecule has 6 nitrogen and oxygen atoms in total. The lowest BCUT2D eigenvalue weighted by Gasteiger charge is -2.27. The van der Waals surface area contributed by atoms with Gasteiger partial charge in [-0.1, -0.05) is 78.9 Å². The SMILES string of the molecule is CCC(C(=O)N1CCCC1C(=O)Nc1nnc(-c2ccccc2)s1)c1ccccc1. The van der Waals surface area contributed by atoms with Crippen LogP contribution in [0.15, 0.2) is 60.7 Å². The molecule has 4 rings (SSSR count). The van der Waals surface area contributed by atoms with E-state index in [-0.39, 0.29) is 17.7 Å². The molecule has 30 heavy (non-hydrogen) atoms. The van der Waals surface area contributed by atoms with Gasteiger partial charge in [0.15, 0.2) is 0 Å². The first-order valence-corrected chi connectivity index (χ1v) is 11.0. The lowest BCUT2D eigenvalue weighted by molar-refractivity contribution is -0.138. The Morgan fingerprint density at radius 2 is 1.80 bits per heavy atom. The number of likely N-dealkylation sites (tertiary alicyclic amines) is 1. The van der Waals surface area contributed by atoms with Crippen molar-refractivity contribution in [2.24, 2.45) is 0 Å². The van der Waals surface area contributed by atoms with Crippen LogP contribution in [0.3, 0.4) is 0 Å². The minimum atomic E-state index is -0.473. The smallest absolute Gasteiger partial charge is 0.249 e. The number of rotatable bonds is 6. The highest BCUT2D eigenvalue weighted by Gasteiger charge is 2.37. The van der Waals surface area contributed by atoms with E-state index in [1.165, 1.54) is 11.3 Å². The van der Waals surface area contributed by atoms with E-state index in [1.807, 2.05) is 67.6 Å². The van der Waals surface area contributed by atoms with Gasteiger partial charge < -0.3 is 4.90 Å². The van der Waals surface area contributed by atoms with Crippen molar-refractivity contribution >= 4 is 28.3 Å². The summed E-state index contributed by atoms with van der Waals surface area (Å²) in [5.74, 6) is -0.408. The fourth-order valence-electron chi connectivity index (χ4n) is 3.90. The minimum Gasteiger partial charge on any atom is -0.330 e. The predicted molar refractivity (Wildman–Crippen MR) is 118 cm³/mol. The standard InChI is InChI=1S/C23H24N4O2S/c1-2-18(16-10-5-3-6-11-16)22(29)27-15-9-14-19(27)20(28)24-23-26-25-21(30-23)17-12-7-4-8-13-17/h3-8,10-13,18-19H,2,9,14-15H2,1H3,(H,24,26,28). The van der Waals surface area contributed by atoms with Crippen molar-refractivity contribution in [1.82, 2.24) is 15.1 Å². The van der Waals surface area contributed by atoms with E-state index in [2.05, 4.69) is 15.5 Å². The molecule has 7 heteroatoms. The summed E-state index contributed by atoms with van der Waals surface area (Å²) < 4.78 is 0. The monoisotopic (exact) mass is 420 g/mol. The summed E-state index contributed by atoms with van der Waals surface area (Å²) in [7, 11) is 0. The summed E-state index contributed by atoms with van der Waals surface area (Å²) in [6.45, 7) is 2.61. The topological polar surface area (TPSA) is 75.2 Å². The number of hydrogen-bond donors (Lipinski definition) is 1. The van der Waals surface area contributed by atoms with Gasteiger partial charge in [0.25, 0.3) is 0 Å². The molecule has 154 valence electrons. The molecule has 1 N–H and O–H groups in total. The van der Waals surface area contributed by atoms with Crippen LogP contribution in [0.25, 0.3) is 10.6 Å². The third-order valence-electron chi connectivity index (χ3n) is 5.42. The molecule has 1 aromatic heterocycles. The van der Waals surface area contributed by atoms with E-state index in [4.69, 9.17) is 0 Å². The fraction of sp³-hybridized carbons (Fsp3) is 0.304. The van der Waals surface area contributed by atoms with Crippen molar-refractivity contribution in [1.29, 1.82) is 0 Å². The van der Waals surface area contributed by atoms with Gasteiger partial charge in [0.2, 0.25) is 16.9 Å². The number of aromatic nitrogens is 2. The van der Waals surface area contributed by atoms with Crippen LogP contribution in [-0.4, -0.2) is 39.5 Å². The third-order valence-corrected chi connectivity index (χ3v) is 6.31. The summed E-state index contributed by atoms with van der Waals surface area (Å²) in [5.41, 5.74) is 1.95. The first-order chi connectivity index (χ1) is 14.7. The molecule has 2 atom stereocenters. The van der Waals surface area contributed by atoms with Crippen molar-refractivity contribution in [2.75, 3.05) is 11.9 Å². The zero-order valence-electron chi connectivity index (χ0n) is 16.8. The molecule has 0 radical (unpaired) electrons. The Balaban J connectivity index is 1.46. The Hall–Kier alpha value is -3.06. The lowest BCUT2D eigenvalue weighted by Crippen LogP contribution is -2.45. The molecule has 0 saturated carbocycles. The highest BCUT2D eigenvalue weighted by atomic mass is 32.1. The third kappa shape index (κ3) is 4.26. The molecule has 2 amide bonds. The van der Waals surface area contributed by atoms with Gasteiger partial charge in [-0.25, -0.2) is 0 Å². The number of amides is 2. The zero-order valence-corrected chi connectivity index (χ0v) is 17.6. The molecular formula is C23H24N4O2S. The van der Waals surface area contributed by atoms with Gasteiger partial charge >= 0.3 is 0 Å². The average molecular weight is 421 g/mol. The summed E-state index contributed by atoms with van der Waals surface area (Å²) in [5, 5.41) is 12.4. The molecule has 0 bridgehead atoms. The Bertz CT molecular complexity index is 1010. The Kier molecular flexibility index (Phi) is 6.18. The van der Waals surface area contributed by atoms with Crippen molar-refractivity contribution in [3.63, 3.8) is 0 Å². The minimum absolute atomic E-state index is 0.0172. The molecule has 2 unspecified atom stereocenters. The largest absolute Gasteiger partial charge is 0.330 e. The number of nitrogens with zero attached hydrogens (tertiary/aromatic N) is 3. The summed E-state index contributed by atoms with van der Waals surface area (Å²) >= 11 is 1.33. The van der Waals surface area contributed by atoms with Crippen LogP contribution >= 0.6 is 11.3 Å². The summed E-state index contributed by atoms with van der Waals surface area (Å²) in [4.78, 5) is 27.9. The van der Waals surface area contributed by atoms with Crippen LogP contribution in [0.5, 0.6) is 0 Å². The Morgan fingerprint density at radius 1 is 1.10 bits per heavy atom. The van der Waals surface area contributed by atoms with Gasteiger partial charge in [-0.2, -0.15) is 0 Å². The lowest BCUT2D eigenvalue weighted by atomic mass is 9.94. The second-order valence-electron chi connectivity index (χ2n) is 7.33. The maximum absolute atomic E-state index is 13.3. The maximum atomic E-state index is 13.3. The number of carbonyl (C=O) groups is 2. The normalized spacial score (nSPS) is 17.0. The molecular weight excluding hydrogens is 396 g/mol. The first kappa shape index (κ1) is 20.2. The second-order valence-corrected chi connectivity index (χ2v) is 8.31. The van der Waals surface area contributed by atoms with Gasteiger partial charge in [0.05, 0.1) is 5.92 Å². The van der Waals surface area contributed by atoms with Crippen LogP contribution in [0.2, 0.25) is 0 Å². The molecule has 0 aliphatic carbocycles. The fourth-order valence-corrected chi connectivity index (χ4v) is 4.65. The van der Waals surface area contributed by atoms with Crippen LogP contribution in [-0.2, 0) is 9.59 Å². The number of anilines is 1. The van der Waals surface area contributed by atoms with E-state index in [9.17, 15) is 9.59 Å². The average Bonchev–Trinajstić information content (AvgIpc) is 3.45. The molecule has 1 saturated heterocycles. The van der Waals surface area contributed by atoms with Crippen LogP contribution in [0.1, 0.15) is 37.7 Å². The molecule has 0 spiro atoms. The first-order valence-electron chi connectivity index (χ1n) is 10.2. The summed E-state index contributed by atoms with van der Waals surface area (Å²) in [6, 6.07) is 19.0. The molecule has 1 aliphatic heterocycles. The molecule has 2 heterocycles. The number of carbonyl (C=O) groups excluding carboxylic acids is 2. The van der Waals surface area contributed by atoms with Crippen LogP contribution < -0.4 is 5.32 Å². The van der Waals surface area contributed by atoms with E-state index in [0.29, 0.717) is 24.5 Å². The predicted octanol–water partition coefficient (Wildman–Crippen LogP) is 4.33. The Morgan fingerprint density at radius 3 is 2.50 bits per heavy atom. The zero-order chi connectivity index (χ0) is 20.9. The van der Waals surface area contributed by atoms with Gasteiger partial charge in [0, 0.05) is 12.1 Å². The highest BCUT2D eigenvalue weighted by Crippen LogP contribution is 2.29. The number of nitrogens with one attached hydrogen (secondary N) is 1. The van der Waals surface area contributed by atoms with Crippen molar-refractivity contribution in [2.45, 2.75) is 38.1 Å². The molecule has 1 fully saturated rings. The quantitative estimate of drug-likeness (QED) is 0.644. The maximum Gasteiger partial charge on any atom is 0.249 e. The van der Waals surface area contributed by atoms with E-state index >= 15 is 0 Å². The van der Waals surface area contributed by atoms with E-state index < -0.39 is 6.04 Å². The molecule has 2 aromatic carbocycles. The van der Waals surface area contributed by atoms with Crippen molar-refractivity contribution in [3.8, 4) is 10.6 Å². The second kappa shape index (κ2) is 9.17. The van der Waals surface area contributed by atoms with Crippen molar-refractivity contribution in [3.05, 3.63) is 66.2 Å². The number of hydrogen-bond acceptors (Lipinski definition) is 5. The van der Waals surface area contributed by atoms with Gasteiger partial charge in [0.1, 0.15) is 11.0 Å². The van der Waals surface area contributed by atoms with Crippen LogP contribution in [0.4, 0.5) is 5.13 Å². The molecule has 1 aliphatic rings. The van der Waals surface area contributed by atoms with Crippen molar-refractivity contribution < 1.29 is 9.59 Å². The van der Waals surface area contributed by atoms with Gasteiger partial charge in [-0.3, -0.25) is 14.9 Å². The van der Waals surface area contributed by atoms with E-state index in [1.54, 1.807) is 4.90 Å². The van der Waals surface area contributed by atoms with Crippen LogP contribution in [0, 0.1) is 0 Å². The van der Waals surface area contributed by atoms with Gasteiger partial charge in [-0.05, 0) is 24.8 Å². The highest BCUT2D eigenvalue weighted by molar-refractivity contribution is 7.18. The summed E-state index contributed by atoms with van der Waals surface area (Å²) in [6.07, 6.45) is 2.18. The number of benzene rings is 2. The Labute approximate surface area is 180 Å².